The van der Waals surface area contributed by atoms with Gasteiger partial charge in [0.25, 0.3) is 0 Å². The minimum absolute atomic E-state index is 0.286. The molecule has 1 aromatic heterocycles. The van der Waals surface area contributed by atoms with Crippen LogP contribution in [0.25, 0.3) is 0 Å². The molecular formula is C14H23ClN2O2. The summed E-state index contributed by atoms with van der Waals surface area (Å²) in [5.41, 5.74) is 1.18. The van der Waals surface area contributed by atoms with Crippen LogP contribution in [0, 0.1) is 0 Å². The average molecular weight is 287 g/mol. The normalized spacial score (nSPS) is 27.7. The third kappa shape index (κ3) is 3.12. The number of aromatic nitrogens is 2. The van der Waals surface area contributed by atoms with E-state index in [2.05, 4.69) is 5.10 Å². The molecule has 0 radical (unpaired) electrons. The number of halogens is 1. The summed E-state index contributed by atoms with van der Waals surface area (Å²) in [7, 11) is 3.63. The monoisotopic (exact) mass is 286 g/mol. The van der Waals surface area contributed by atoms with Crippen molar-refractivity contribution >= 4 is 11.6 Å². The zero-order chi connectivity index (χ0) is 14.0. The Balaban J connectivity index is 2.11. The van der Waals surface area contributed by atoms with Crippen molar-refractivity contribution in [1.29, 1.82) is 0 Å². The van der Waals surface area contributed by atoms with Gasteiger partial charge in [-0.05, 0) is 32.1 Å². The van der Waals surface area contributed by atoms with E-state index in [9.17, 15) is 5.11 Å². The highest BCUT2D eigenvalue weighted by Gasteiger charge is 2.35. The first kappa shape index (κ1) is 14.8. The molecule has 1 saturated carbocycles. The Morgan fingerprint density at radius 2 is 2.11 bits per heavy atom. The molecule has 0 aliphatic heterocycles. The molecule has 0 bridgehead atoms. The molecule has 1 fully saturated rings. The molecule has 2 rings (SSSR count). The van der Waals surface area contributed by atoms with Gasteiger partial charge in [-0.25, -0.2) is 0 Å². The predicted molar refractivity (Wildman–Crippen MR) is 75.5 cm³/mol. The zero-order valence-corrected chi connectivity index (χ0v) is 12.7. The standard InChI is InChI=1S/C14H23ClN2O2/c1-4-11-13(15)12(17(2)16-11)9-14(18)7-5-10(19-3)6-8-14/h10,18H,4-9H2,1-3H3. The van der Waals surface area contributed by atoms with Crippen LogP contribution in [0.4, 0.5) is 0 Å². The molecule has 0 atom stereocenters. The molecule has 1 N–H and O–H groups in total. The van der Waals surface area contributed by atoms with Crippen molar-refractivity contribution in [2.24, 2.45) is 7.05 Å². The minimum atomic E-state index is -0.669. The van der Waals surface area contributed by atoms with Crippen molar-refractivity contribution < 1.29 is 9.84 Å². The number of ether oxygens (including phenoxy) is 1. The smallest absolute Gasteiger partial charge is 0.0850 e. The number of aliphatic hydroxyl groups is 1. The molecule has 1 heterocycles. The molecule has 5 heteroatoms. The minimum Gasteiger partial charge on any atom is -0.389 e. The number of hydrogen-bond donors (Lipinski definition) is 1. The molecule has 19 heavy (non-hydrogen) atoms. The van der Waals surface area contributed by atoms with E-state index in [0.717, 1.165) is 43.5 Å². The number of nitrogens with zero attached hydrogens (tertiary/aromatic N) is 2. The summed E-state index contributed by atoms with van der Waals surface area (Å²) in [6.07, 6.45) is 5.01. The second-order valence-electron chi connectivity index (χ2n) is 5.52. The van der Waals surface area contributed by atoms with E-state index in [4.69, 9.17) is 16.3 Å². The second kappa shape index (κ2) is 5.81. The van der Waals surface area contributed by atoms with E-state index >= 15 is 0 Å². The first-order valence-electron chi connectivity index (χ1n) is 6.94. The van der Waals surface area contributed by atoms with Crippen molar-refractivity contribution in [3.63, 3.8) is 0 Å². The van der Waals surface area contributed by atoms with E-state index in [1.54, 1.807) is 7.11 Å². The van der Waals surface area contributed by atoms with Gasteiger partial charge in [0.2, 0.25) is 0 Å². The third-order valence-corrected chi connectivity index (χ3v) is 4.63. The molecule has 0 amide bonds. The molecule has 108 valence electrons. The SMILES string of the molecule is CCc1nn(C)c(CC2(O)CCC(OC)CC2)c1Cl. The maximum absolute atomic E-state index is 10.7. The summed E-state index contributed by atoms with van der Waals surface area (Å²) in [4.78, 5) is 0. The third-order valence-electron chi connectivity index (χ3n) is 4.20. The van der Waals surface area contributed by atoms with Crippen molar-refractivity contribution in [2.45, 2.75) is 57.2 Å². The Labute approximate surface area is 119 Å². The van der Waals surface area contributed by atoms with Gasteiger partial charge in [-0.2, -0.15) is 5.10 Å². The lowest BCUT2D eigenvalue weighted by Crippen LogP contribution is -2.38. The van der Waals surface area contributed by atoms with E-state index in [-0.39, 0.29) is 6.10 Å². The first-order valence-corrected chi connectivity index (χ1v) is 7.32. The lowest BCUT2D eigenvalue weighted by Gasteiger charge is -2.35. The Kier molecular flexibility index (Phi) is 4.54. The van der Waals surface area contributed by atoms with Crippen LogP contribution < -0.4 is 0 Å². The van der Waals surface area contributed by atoms with Gasteiger partial charge in [0, 0.05) is 20.6 Å². The van der Waals surface area contributed by atoms with Crippen LogP contribution in [0.2, 0.25) is 5.02 Å². The highest BCUT2D eigenvalue weighted by Crippen LogP contribution is 2.34. The van der Waals surface area contributed by atoms with Crippen LogP contribution in [0.1, 0.15) is 44.0 Å². The second-order valence-corrected chi connectivity index (χ2v) is 5.90. The maximum atomic E-state index is 10.7. The predicted octanol–water partition coefficient (Wildman–Crippen LogP) is 2.50. The number of hydrogen-bond acceptors (Lipinski definition) is 3. The van der Waals surface area contributed by atoms with Crippen molar-refractivity contribution in [1.82, 2.24) is 9.78 Å². The topological polar surface area (TPSA) is 47.3 Å². The molecule has 0 saturated heterocycles. The van der Waals surface area contributed by atoms with Gasteiger partial charge in [-0.3, -0.25) is 4.68 Å². The number of methoxy groups -OCH3 is 1. The Hall–Kier alpha value is -0.580. The van der Waals surface area contributed by atoms with Gasteiger partial charge in [-0.15, -0.1) is 0 Å². The Morgan fingerprint density at radius 1 is 1.47 bits per heavy atom. The van der Waals surface area contributed by atoms with Crippen LogP contribution in [0.3, 0.4) is 0 Å². The van der Waals surface area contributed by atoms with Crippen LogP contribution in [0.5, 0.6) is 0 Å². The molecule has 1 aromatic rings. The molecule has 1 aliphatic rings. The van der Waals surface area contributed by atoms with E-state index in [1.807, 2.05) is 18.7 Å². The Bertz CT molecular complexity index is 437. The van der Waals surface area contributed by atoms with Crippen LogP contribution in [-0.4, -0.2) is 33.7 Å². The van der Waals surface area contributed by atoms with Gasteiger partial charge in [0.15, 0.2) is 0 Å². The van der Waals surface area contributed by atoms with Gasteiger partial charge in [-0.1, -0.05) is 18.5 Å². The first-order chi connectivity index (χ1) is 8.99. The largest absolute Gasteiger partial charge is 0.389 e. The maximum Gasteiger partial charge on any atom is 0.0850 e. The van der Waals surface area contributed by atoms with Crippen molar-refractivity contribution in [3.8, 4) is 0 Å². The molecule has 0 aromatic carbocycles. The van der Waals surface area contributed by atoms with Crippen molar-refractivity contribution in [2.75, 3.05) is 7.11 Å². The fourth-order valence-electron chi connectivity index (χ4n) is 2.86. The van der Waals surface area contributed by atoms with E-state index < -0.39 is 5.60 Å². The molecule has 4 nitrogen and oxygen atoms in total. The molecular weight excluding hydrogens is 264 g/mol. The van der Waals surface area contributed by atoms with E-state index in [0.29, 0.717) is 11.4 Å². The number of rotatable bonds is 4. The molecule has 0 spiro atoms. The average Bonchev–Trinajstić information content (AvgIpc) is 2.67. The highest BCUT2D eigenvalue weighted by molar-refractivity contribution is 6.31. The summed E-state index contributed by atoms with van der Waals surface area (Å²) < 4.78 is 7.16. The fraction of sp³-hybridized carbons (Fsp3) is 0.786. The molecule has 0 unspecified atom stereocenters. The molecule has 1 aliphatic carbocycles. The lowest BCUT2D eigenvalue weighted by atomic mass is 9.80. The van der Waals surface area contributed by atoms with Gasteiger partial charge >= 0.3 is 0 Å². The summed E-state index contributed by atoms with van der Waals surface area (Å²) in [5, 5.41) is 15.8. The summed E-state index contributed by atoms with van der Waals surface area (Å²) in [6, 6.07) is 0. The lowest BCUT2D eigenvalue weighted by molar-refractivity contribution is -0.0436. The number of aryl methyl sites for hydroxylation is 2. The zero-order valence-electron chi connectivity index (χ0n) is 11.9. The fourth-order valence-corrected chi connectivity index (χ4v) is 3.23. The quantitative estimate of drug-likeness (QED) is 0.925. The van der Waals surface area contributed by atoms with Crippen molar-refractivity contribution in [3.05, 3.63) is 16.4 Å². The van der Waals surface area contributed by atoms with Crippen LogP contribution >= 0.6 is 11.6 Å². The van der Waals surface area contributed by atoms with E-state index in [1.165, 1.54) is 0 Å². The summed E-state index contributed by atoms with van der Waals surface area (Å²) in [6.45, 7) is 2.04. The van der Waals surface area contributed by atoms with Gasteiger partial charge in [0.05, 0.1) is 28.1 Å². The Morgan fingerprint density at radius 3 is 2.58 bits per heavy atom. The van der Waals surface area contributed by atoms with Gasteiger partial charge in [0.1, 0.15) is 0 Å². The van der Waals surface area contributed by atoms with Gasteiger partial charge < -0.3 is 9.84 Å². The summed E-state index contributed by atoms with van der Waals surface area (Å²) >= 11 is 6.35. The highest BCUT2D eigenvalue weighted by atomic mass is 35.5. The summed E-state index contributed by atoms with van der Waals surface area (Å²) in [5.74, 6) is 0. The van der Waals surface area contributed by atoms with Crippen LogP contribution in [0.15, 0.2) is 0 Å². The van der Waals surface area contributed by atoms with Crippen LogP contribution in [-0.2, 0) is 24.6 Å².